The van der Waals surface area contributed by atoms with Gasteiger partial charge in [-0.25, -0.2) is 4.98 Å². The lowest BCUT2D eigenvalue weighted by Crippen LogP contribution is -2.46. The van der Waals surface area contributed by atoms with Crippen LogP contribution in [0.2, 0.25) is 0 Å². The number of thiazole rings is 1. The molecule has 7 heteroatoms. The average Bonchev–Trinajstić information content (AvgIpc) is 3.16. The fourth-order valence-electron chi connectivity index (χ4n) is 4.05. The van der Waals surface area contributed by atoms with Crippen LogP contribution in [0.5, 0.6) is 0 Å². The molecule has 0 spiro atoms. The van der Waals surface area contributed by atoms with E-state index in [2.05, 4.69) is 11.1 Å². The molecule has 1 aromatic heterocycles. The Kier molecular flexibility index (Phi) is 6.52. The molecule has 28 heavy (non-hydrogen) atoms. The summed E-state index contributed by atoms with van der Waals surface area (Å²) in [5, 5.41) is 1.07. The van der Waals surface area contributed by atoms with Crippen LogP contribution in [-0.4, -0.2) is 58.5 Å². The zero-order chi connectivity index (χ0) is 19.3. The van der Waals surface area contributed by atoms with Gasteiger partial charge in [0.25, 0.3) is 0 Å². The second-order valence-electron chi connectivity index (χ2n) is 7.61. The van der Waals surface area contributed by atoms with Crippen LogP contribution in [0, 0.1) is 5.92 Å². The Labute approximate surface area is 174 Å². The number of hydrogen-bond acceptors (Lipinski definition) is 5. The number of nitrogens with zero attached hydrogens (tertiary/aromatic N) is 3. The van der Waals surface area contributed by atoms with E-state index in [-0.39, 0.29) is 11.8 Å². The van der Waals surface area contributed by atoms with Gasteiger partial charge in [-0.05, 0) is 44.2 Å². The molecule has 1 aromatic carbocycles. The monoisotopic (exact) mass is 417 g/mol. The van der Waals surface area contributed by atoms with E-state index in [1.54, 1.807) is 23.1 Å². The molecule has 0 saturated carbocycles. The number of benzene rings is 1. The first kappa shape index (κ1) is 19.7. The Bertz CT molecular complexity index is 791. The number of fused-ring (bicyclic) bond motifs is 1. The second-order valence-corrected chi connectivity index (χ2v) is 9.71. The first-order valence-corrected chi connectivity index (χ1v) is 12.2. The summed E-state index contributed by atoms with van der Waals surface area (Å²) >= 11 is 3.34. The lowest BCUT2D eigenvalue weighted by Gasteiger charge is -2.35. The van der Waals surface area contributed by atoms with Crippen molar-refractivity contribution in [2.75, 3.05) is 31.9 Å². The fourth-order valence-corrected chi connectivity index (χ4v) is 5.99. The zero-order valence-corrected chi connectivity index (χ0v) is 17.8. The normalized spacial score (nSPS) is 18.6. The summed E-state index contributed by atoms with van der Waals surface area (Å²) in [5.41, 5.74) is 1.04. The van der Waals surface area contributed by atoms with E-state index in [0.29, 0.717) is 24.7 Å². The molecule has 0 radical (unpaired) electrons. The van der Waals surface area contributed by atoms with Gasteiger partial charge in [0.15, 0.2) is 0 Å². The Morgan fingerprint density at radius 1 is 1.04 bits per heavy atom. The molecule has 2 saturated heterocycles. The van der Waals surface area contributed by atoms with Crippen LogP contribution >= 0.6 is 23.1 Å². The standard InChI is InChI=1S/C21H27N3O2S2/c25-20(15-27-14-19-22-17-6-2-3-7-18(17)28-19)23-12-8-16(9-13-23)21(26)24-10-4-1-5-11-24/h2-3,6-7,16H,1,4-5,8-15H2. The molecule has 5 nitrogen and oxygen atoms in total. The molecular formula is C21H27N3O2S2. The molecule has 3 heterocycles. The van der Waals surface area contributed by atoms with Crippen LogP contribution in [0.1, 0.15) is 37.1 Å². The van der Waals surface area contributed by atoms with E-state index in [0.717, 1.165) is 55.0 Å². The van der Waals surface area contributed by atoms with Crippen molar-refractivity contribution in [2.24, 2.45) is 5.92 Å². The molecule has 2 aliphatic heterocycles. The SMILES string of the molecule is O=C(CSCc1nc2ccccc2s1)N1CCC(C(=O)N2CCCCC2)CC1. The number of carbonyl (C=O) groups is 2. The van der Waals surface area contributed by atoms with Crippen molar-refractivity contribution in [3.05, 3.63) is 29.3 Å². The first-order chi connectivity index (χ1) is 13.7. The van der Waals surface area contributed by atoms with E-state index < -0.39 is 0 Å². The van der Waals surface area contributed by atoms with Gasteiger partial charge in [0.05, 0.1) is 16.0 Å². The maximum absolute atomic E-state index is 12.6. The summed E-state index contributed by atoms with van der Waals surface area (Å²) in [6.45, 7) is 3.26. The van der Waals surface area contributed by atoms with Gasteiger partial charge < -0.3 is 9.80 Å². The highest BCUT2D eigenvalue weighted by Gasteiger charge is 2.30. The van der Waals surface area contributed by atoms with Crippen molar-refractivity contribution < 1.29 is 9.59 Å². The molecule has 4 rings (SSSR count). The van der Waals surface area contributed by atoms with Crippen molar-refractivity contribution in [1.82, 2.24) is 14.8 Å². The molecule has 2 amide bonds. The molecule has 2 aromatic rings. The molecule has 0 unspecified atom stereocenters. The van der Waals surface area contributed by atoms with E-state index in [1.807, 2.05) is 28.0 Å². The predicted molar refractivity (Wildman–Crippen MR) is 116 cm³/mol. The molecule has 0 N–H and O–H groups in total. The topological polar surface area (TPSA) is 53.5 Å². The van der Waals surface area contributed by atoms with E-state index in [9.17, 15) is 9.59 Å². The van der Waals surface area contributed by atoms with Gasteiger partial charge in [-0.15, -0.1) is 23.1 Å². The van der Waals surface area contributed by atoms with E-state index >= 15 is 0 Å². The van der Waals surface area contributed by atoms with Crippen LogP contribution < -0.4 is 0 Å². The Morgan fingerprint density at radius 2 is 1.79 bits per heavy atom. The summed E-state index contributed by atoms with van der Waals surface area (Å²) in [6, 6.07) is 8.14. The quantitative estimate of drug-likeness (QED) is 0.743. The number of hydrogen-bond donors (Lipinski definition) is 0. The smallest absolute Gasteiger partial charge is 0.232 e. The lowest BCUT2D eigenvalue weighted by molar-refractivity contribution is -0.140. The second kappa shape index (κ2) is 9.27. The molecule has 0 bridgehead atoms. The molecular weight excluding hydrogens is 390 g/mol. The van der Waals surface area contributed by atoms with Crippen molar-refractivity contribution in [3.63, 3.8) is 0 Å². The van der Waals surface area contributed by atoms with Gasteiger partial charge in [-0.3, -0.25) is 9.59 Å². The molecule has 0 atom stereocenters. The number of likely N-dealkylation sites (tertiary alicyclic amines) is 2. The summed E-state index contributed by atoms with van der Waals surface area (Å²) < 4.78 is 1.20. The minimum atomic E-state index is 0.109. The third-order valence-electron chi connectivity index (χ3n) is 5.65. The van der Waals surface area contributed by atoms with Crippen molar-refractivity contribution in [2.45, 2.75) is 37.9 Å². The Balaban J connectivity index is 1.20. The van der Waals surface area contributed by atoms with Crippen LogP contribution in [0.25, 0.3) is 10.2 Å². The van der Waals surface area contributed by atoms with Crippen molar-refractivity contribution in [1.29, 1.82) is 0 Å². The number of aromatic nitrogens is 1. The fraction of sp³-hybridized carbons (Fsp3) is 0.571. The van der Waals surface area contributed by atoms with Crippen LogP contribution in [0.4, 0.5) is 0 Å². The van der Waals surface area contributed by atoms with Crippen LogP contribution in [0.3, 0.4) is 0 Å². The van der Waals surface area contributed by atoms with Crippen molar-refractivity contribution >= 4 is 45.1 Å². The Hall–Kier alpha value is -1.60. The number of para-hydroxylation sites is 1. The lowest BCUT2D eigenvalue weighted by atomic mass is 9.94. The van der Waals surface area contributed by atoms with Gasteiger partial charge >= 0.3 is 0 Å². The maximum atomic E-state index is 12.6. The number of amides is 2. The third kappa shape index (κ3) is 4.69. The number of rotatable bonds is 5. The summed E-state index contributed by atoms with van der Waals surface area (Å²) in [5.74, 6) is 1.87. The molecule has 150 valence electrons. The zero-order valence-electron chi connectivity index (χ0n) is 16.1. The van der Waals surface area contributed by atoms with Crippen molar-refractivity contribution in [3.8, 4) is 0 Å². The molecule has 2 aliphatic rings. The summed E-state index contributed by atoms with van der Waals surface area (Å²) in [7, 11) is 0. The number of piperidine rings is 2. The largest absolute Gasteiger partial charge is 0.342 e. The van der Waals surface area contributed by atoms with Gasteiger partial charge in [-0.2, -0.15) is 0 Å². The van der Waals surface area contributed by atoms with Crippen LogP contribution in [-0.2, 0) is 15.3 Å². The predicted octanol–water partition coefficient (Wildman–Crippen LogP) is 3.78. The minimum Gasteiger partial charge on any atom is -0.342 e. The summed E-state index contributed by atoms with van der Waals surface area (Å²) in [4.78, 5) is 33.8. The van der Waals surface area contributed by atoms with Gasteiger partial charge in [0, 0.05) is 37.8 Å². The first-order valence-electron chi connectivity index (χ1n) is 10.2. The van der Waals surface area contributed by atoms with Gasteiger partial charge in [0.2, 0.25) is 11.8 Å². The van der Waals surface area contributed by atoms with Gasteiger partial charge in [0.1, 0.15) is 5.01 Å². The van der Waals surface area contributed by atoms with Crippen LogP contribution in [0.15, 0.2) is 24.3 Å². The highest BCUT2D eigenvalue weighted by molar-refractivity contribution is 7.99. The third-order valence-corrected chi connectivity index (χ3v) is 7.80. The van der Waals surface area contributed by atoms with Gasteiger partial charge in [-0.1, -0.05) is 12.1 Å². The molecule has 0 aliphatic carbocycles. The summed E-state index contributed by atoms with van der Waals surface area (Å²) in [6.07, 6.45) is 5.13. The highest BCUT2D eigenvalue weighted by Crippen LogP contribution is 2.26. The van der Waals surface area contributed by atoms with E-state index in [4.69, 9.17) is 0 Å². The maximum Gasteiger partial charge on any atom is 0.232 e. The average molecular weight is 418 g/mol. The number of carbonyl (C=O) groups excluding carboxylic acids is 2. The Morgan fingerprint density at radius 3 is 2.54 bits per heavy atom. The minimum absolute atomic E-state index is 0.109. The van der Waals surface area contributed by atoms with E-state index in [1.165, 1.54) is 11.1 Å². The molecule has 2 fully saturated rings. The highest BCUT2D eigenvalue weighted by atomic mass is 32.2. The number of thioether (sulfide) groups is 1.